The fraction of sp³-hybridized carbons (Fsp3) is 0.118. The van der Waals surface area contributed by atoms with E-state index in [1.165, 1.54) is 6.21 Å². The number of aliphatic carboxylic acids is 1. The third kappa shape index (κ3) is 4.90. The number of hydrogen-bond donors (Lipinski definition) is 2. The van der Waals surface area contributed by atoms with Gasteiger partial charge in [-0.15, -0.1) is 5.10 Å². The Bertz CT molecular complexity index is 870. The van der Waals surface area contributed by atoms with Crippen LogP contribution in [0, 0.1) is 0 Å². The van der Waals surface area contributed by atoms with E-state index in [2.05, 4.69) is 20.5 Å². The molecule has 1 aliphatic heterocycles. The van der Waals surface area contributed by atoms with Crippen molar-refractivity contribution < 1.29 is 19.4 Å². The van der Waals surface area contributed by atoms with E-state index >= 15 is 0 Å². The summed E-state index contributed by atoms with van der Waals surface area (Å²) in [4.78, 5) is 26.4. The molecule has 0 radical (unpaired) electrons. The monoisotopic (exact) mass is 370 g/mol. The van der Waals surface area contributed by atoms with Gasteiger partial charge in [0.1, 0.15) is 11.0 Å². The van der Waals surface area contributed by atoms with Crippen molar-refractivity contribution in [3.63, 3.8) is 0 Å². The molecule has 1 aliphatic rings. The molecule has 1 fully saturated rings. The SMILES string of the molecule is O=C(O)CC1SC(=NN=Cc2cccc(Oc3ccccn3)c2)NC1=O. The third-order valence-corrected chi connectivity index (χ3v) is 4.28. The molecule has 1 saturated heterocycles. The van der Waals surface area contributed by atoms with Crippen LogP contribution in [-0.4, -0.2) is 38.6 Å². The van der Waals surface area contributed by atoms with Crippen LogP contribution in [0.3, 0.4) is 0 Å². The maximum absolute atomic E-state index is 11.6. The number of amidine groups is 1. The summed E-state index contributed by atoms with van der Waals surface area (Å²) in [5, 5.41) is 18.7. The molecule has 132 valence electrons. The van der Waals surface area contributed by atoms with Crippen molar-refractivity contribution in [2.45, 2.75) is 11.7 Å². The Labute approximate surface area is 153 Å². The van der Waals surface area contributed by atoms with E-state index < -0.39 is 11.2 Å². The van der Waals surface area contributed by atoms with Crippen LogP contribution in [0.1, 0.15) is 12.0 Å². The molecule has 9 heteroatoms. The fourth-order valence-corrected chi connectivity index (χ4v) is 2.99. The molecule has 1 unspecified atom stereocenters. The maximum atomic E-state index is 11.6. The van der Waals surface area contributed by atoms with Crippen LogP contribution in [0.2, 0.25) is 0 Å². The van der Waals surface area contributed by atoms with Crippen LogP contribution in [0.4, 0.5) is 0 Å². The van der Waals surface area contributed by atoms with Crippen molar-refractivity contribution in [2.75, 3.05) is 0 Å². The van der Waals surface area contributed by atoms with E-state index in [0.29, 0.717) is 11.6 Å². The standard InChI is InChI=1S/C17H14N4O4S/c22-15(23)9-13-16(24)20-17(26-13)21-19-10-11-4-3-5-12(8-11)25-14-6-1-2-7-18-14/h1-8,10,13H,9H2,(H,22,23)(H,20,21,24). The summed E-state index contributed by atoms with van der Waals surface area (Å²) >= 11 is 1.05. The molecular weight excluding hydrogens is 356 g/mol. The zero-order chi connectivity index (χ0) is 18.4. The van der Waals surface area contributed by atoms with Gasteiger partial charge in [-0.2, -0.15) is 5.10 Å². The largest absolute Gasteiger partial charge is 0.481 e. The highest BCUT2D eigenvalue weighted by Crippen LogP contribution is 2.22. The number of thioether (sulfide) groups is 1. The average Bonchev–Trinajstić information content (AvgIpc) is 2.95. The molecule has 2 heterocycles. The predicted octanol–water partition coefficient (Wildman–Crippen LogP) is 2.27. The van der Waals surface area contributed by atoms with Gasteiger partial charge in [0.25, 0.3) is 0 Å². The lowest BCUT2D eigenvalue weighted by Crippen LogP contribution is -2.26. The number of carboxylic acids is 1. The van der Waals surface area contributed by atoms with Gasteiger partial charge in [-0.1, -0.05) is 30.0 Å². The lowest BCUT2D eigenvalue weighted by atomic mass is 10.2. The van der Waals surface area contributed by atoms with Gasteiger partial charge in [-0.25, -0.2) is 4.98 Å². The number of hydrogen-bond acceptors (Lipinski definition) is 7. The first-order valence-electron chi connectivity index (χ1n) is 7.59. The zero-order valence-electron chi connectivity index (χ0n) is 13.4. The lowest BCUT2D eigenvalue weighted by molar-refractivity contribution is -0.138. The number of amides is 1. The third-order valence-electron chi connectivity index (χ3n) is 3.21. The lowest BCUT2D eigenvalue weighted by Gasteiger charge is -2.04. The van der Waals surface area contributed by atoms with Gasteiger partial charge < -0.3 is 15.2 Å². The zero-order valence-corrected chi connectivity index (χ0v) is 14.2. The maximum Gasteiger partial charge on any atom is 0.305 e. The van der Waals surface area contributed by atoms with E-state index in [0.717, 1.165) is 17.3 Å². The topological polar surface area (TPSA) is 113 Å². The fourth-order valence-electron chi connectivity index (χ4n) is 2.08. The first-order valence-corrected chi connectivity index (χ1v) is 8.47. The van der Waals surface area contributed by atoms with Crippen LogP contribution >= 0.6 is 11.8 Å². The number of nitrogens with zero attached hydrogens (tertiary/aromatic N) is 3. The van der Waals surface area contributed by atoms with Gasteiger partial charge in [0.15, 0.2) is 5.17 Å². The molecule has 2 N–H and O–H groups in total. The average molecular weight is 370 g/mol. The van der Waals surface area contributed by atoms with Gasteiger partial charge in [0.05, 0.1) is 12.6 Å². The van der Waals surface area contributed by atoms with Crippen molar-refractivity contribution in [1.82, 2.24) is 10.3 Å². The summed E-state index contributed by atoms with van der Waals surface area (Å²) in [6.07, 6.45) is 2.89. The Morgan fingerprint density at radius 2 is 2.23 bits per heavy atom. The number of pyridine rings is 1. The Balaban J connectivity index is 1.63. The van der Waals surface area contributed by atoms with E-state index in [-0.39, 0.29) is 17.5 Å². The van der Waals surface area contributed by atoms with Crippen molar-refractivity contribution >= 4 is 35.0 Å². The summed E-state index contributed by atoms with van der Waals surface area (Å²) in [5.41, 5.74) is 0.749. The highest BCUT2D eigenvalue weighted by atomic mass is 32.2. The highest BCUT2D eigenvalue weighted by molar-refractivity contribution is 8.15. The van der Waals surface area contributed by atoms with Crippen molar-refractivity contribution in [1.29, 1.82) is 0 Å². The number of ether oxygens (including phenoxy) is 1. The van der Waals surface area contributed by atoms with Gasteiger partial charge in [-0.3, -0.25) is 9.59 Å². The van der Waals surface area contributed by atoms with Crippen molar-refractivity contribution in [3.8, 4) is 11.6 Å². The minimum atomic E-state index is -1.04. The van der Waals surface area contributed by atoms with Gasteiger partial charge >= 0.3 is 5.97 Å². The van der Waals surface area contributed by atoms with Gasteiger partial charge in [-0.05, 0) is 23.8 Å². The number of carboxylic acid groups (broad SMARTS) is 1. The number of carbonyl (C=O) groups excluding carboxylic acids is 1. The molecule has 1 aromatic carbocycles. The number of carbonyl (C=O) groups is 2. The number of aromatic nitrogens is 1. The second kappa shape index (κ2) is 8.26. The van der Waals surface area contributed by atoms with Crippen LogP contribution in [0.5, 0.6) is 11.6 Å². The summed E-state index contributed by atoms with van der Waals surface area (Å²) < 4.78 is 5.64. The molecule has 0 spiro atoms. The first kappa shape index (κ1) is 17.6. The summed E-state index contributed by atoms with van der Waals surface area (Å²) in [6.45, 7) is 0. The van der Waals surface area contributed by atoms with Gasteiger partial charge in [0, 0.05) is 12.3 Å². The Morgan fingerprint density at radius 1 is 1.35 bits per heavy atom. The molecule has 1 amide bonds. The molecule has 0 saturated carbocycles. The van der Waals surface area contributed by atoms with Crippen LogP contribution in [0.15, 0.2) is 58.9 Å². The smallest absolute Gasteiger partial charge is 0.305 e. The Morgan fingerprint density at radius 3 is 3.00 bits per heavy atom. The first-order chi connectivity index (χ1) is 12.6. The molecular formula is C17H14N4O4S. The van der Waals surface area contributed by atoms with Crippen LogP contribution in [-0.2, 0) is 9.59 Å². The van der Waals surface area contributed by atoms with Crippen molar-refractivity contribution in [3.05, 3.63) is 54.2 Å². The van der Waals surface area contributed by atoms with Crippen molar-refractivity contribution in [2.24, 2.45) is 10.2 Å². The van der Waals surface area contributed by atoms with E-state index in [4.69, 9.17) is 9.84 Å². The van der Waals surface area contributed by atoms with E-state index in [9.17, 15) is 9.59 Å². The Hall–Kier alpha value is -3.20. The second-order valence-corrected chi connectivity index (χ2v) is 6.38. The molecule has 8 nitrogen and oxygen atoms in total. The number of rotatable bonds is 6. The highest BCUT2D eigenvalue weighted by Gasteiger charge is 2.32. The molecule has 1 aromatic heterocycles. The second-order valence-electron chi connectivity index (χ2n) is 5.19. The normalized spacial score (nSPS) is 18.2. The minimum absolute atomic E-state index is 0.258. The molecule has 0 aliphatic carbocycles. The molecule has 0 bridgehead atoms. The summed E-state index contributed by atoms with van der Waals surface area (Å²) in [7, 11) is 0. The quantitative estimate of drug-likeness (QED) is 0.596. The molecule has 2 aromatic rings. The number of nitrogens with one attached hydrogen (secondary N) is 1. The van der Waals surface area contributed by atoms with Crippen LogP contribution < -0.4 is 10.1 Å². The minimum Gasteiger partial charge on any atom is -0.481 e. The number of benzene rings is 1. The molecule has 1 atom stereocenters. The van der Waals surface area contributed by atoms with E-state index in [1.807, 2.05) is 18.2 Å². The van der Waals surface area contributed by atoms with E-state index in [1.54, 1.807) is 30.5 Å². The predicted molar refractivity (Wildman–Crippen MR) is 97.6 cm³/mol. The Kier molecular flexibility index (Phi) is 5.59. The summed E-state index contributed by atoms with van der Waals surface area (Å²) in [5.74, 6) is -0.328. The summed E-state index contributed by atoms with van der Waals surface area (Å²) in [6, 6.07) is 12.6. The van der Waals surface area contributed by atoms with Gasteiger partial charge in [0.2, 0.25) is 11.8 Å². The van der Waals surface area contributed by atoms with Crippen LogP contribution in [0.25, 0.3) is 0 Å². The molecule has 26 heavy (non-hydrogen) atoms. The molecule has 3 rings (SSSR count).